The van der Waals surface area contributed by atoms with Gasteiger partial charge in [-0.1, -0.05) is 26.2 Å². The molecule has 0 saturated heterocycles. The van der Waals surface area contributed by atoms with Crippen LogP contribution in [0.4, 0.5) is 0 Å². The standard InChI is InChI=1S/C10H19N/c1-9-5-3-6-10(9)7-4-8-11-2/h9-10H,2-8H2,1H3. The molecule has 0 N–H and O–H groups in total. The van der Waals surface area contributed by atoms with E-state index in [4.69, 9.17) is 0 Å². The van der Waals surface area contributed by atoms with Crippen LogP contribution in [0.3, 0.4) is 0 Å². The fourth-order valence-electron chi connectivity index (χ4n) is 2.12. The largest absolute Gasteiger partial charge is 0.301 e. The number of rotatable bonds is 4. The molecule has 2 atom stereocenters. The molecule has 1 heteroatoms. The molecule has 0 aliphatic heterocycles. The van der Waals surface area contributed by atoms with Crippen LogP contribution in [0, 0.1) is 11.8 Å². The Hall–Kier alpha value is -0.330. The molecule has 0 aromatic heterocycles. The first-order chi connectivity index (χ1) is 5.34. The highest BCUT2D eigenvalue weighted by Gasteiger charge is 2.22. The minimum absolute atomic E-state index is 0.962. The first-order valence-corrected chi connectivity index (χ1v) is 4.77. The van der Waals surface area contributed by atoms with Crippen LogP contribution in [-0.2, 0) is 0 Å². The van der Waals surface area contributed by atoms with E-state index in [1.165, 1.54) is 32.1 Å². The van der Waals surface area contributed by atoms with E-state index in [0.29, 0.717) is 0 Å². The number of aliphatic imine (C=N–C) groups is 1. The van der Waals surface area contributed by atoms with E-state index in [-0.39, 0.29) is 0 Å². The maximum Gasteiger partial charge on any atom is 0.0382 e. The molecule has 11 heavy (non-hydrogen) atoms. The summed E-state index contributed by atoms with van der Waals surface area (Å²) in [6, 6.07) is 0. The molecule has 0 spiro atoms. The topological polar surface area (TPSA) is 12.4 Å². The monoisotopic (exact) mass is 153 g/mol. The van der Waals surface area contributed by atoms with Gasteiger partial charge >= 0.3 is 0 Å². The molecule has 0 bridgehead atoms. The van der Waals surface area contributed by atoms with Crippen LogP contribution >= 0.6 is 0 Å². The summed E-state index contributed by atoms with van der Waals surface area (Å²) in [5.74, 6) is 1.97. The molecule has 0 heterocycles. The number of hydrogen-bond acceptors (Lipinski definition) is 1. The molecule has 0 amide bonds. The van der Waals surface area contributed by atoms with Crippen molar-refractivity contribution >= 4 is 6.72 Å². The van der Waals surface area contributed by atoms with Gasteiger partial charge in [-0.05, 0) is 31.4 Å². The van der Waals surface area contributed by atoms with Crippen molar-refractivity contribution in [1.29, 1.82) is 0 Å². The van der Waals surface area contributed by atoms with Crippen LogP contribution in [0.2, 0.25) is 0 Å². The lowest BCUT2D eigenvalue weighted by atomic mass is 9.93. The van der Waals surface area contributed by atoms with Crippen LogP contribution in [0.25, 0.3) is 0 Å². The van der Waals surface area contributed by atoms with E-state index in [1.54, 1.807) is 0 Å². The highest BCUT2D eigenvalue weighted by atomic mass is 14.7. The van der Waals surface area contributed by atoms with Gasteiger partial charge in [0.15, 0.2) is 0 Å². The zero-order valence-corrected chi connectivity index (χ0v) is 7.55. The second kappa shape index (κ2) is 4.53. The van der Waals surface area contributed by atoms with Crippen LogP contribution in [0.1, 0.15) is 39.0 Å². The Morgan fingerprint density at radius 1 is 1.45 bits per heavy atom. The Kier molecular flexibility index (Phi) is 3.61. The van der Waals surface area contributed by atoms with Crippen molar-refractivity contribution in [2.75, 3.05) is 6.54 Å². The lowest BCUT2D eigenvalue weighted by molar-refractivity contribution is 0.384. The number of nitrogens with zero attached hydrogens (tertiary/aromatic N) is 1. The molecule has 1 aliphatic carbocycles. The quantitative estimate of drug-likeness (QED) is 0.435. The molecule has 0 aromatic carbocycles. The second-order valence-electron chi connectivity index (χ2n) is 3.76. The van der Waals surface area contributed by atoms with E-state index in [0.717, 1.165) is 18.4 Å². The molecular weight excluding hydrogens is 134 g/mol. The van der Waals surface area contributed by atoms with E-state index in [9.17, 15) is 0 Å². The van der Waals surface area contributed by atoms with Gasteiger partial charge < -0.3 is 4.99 Å². The van der Waals surface area contributed by atoms with Crippen molar-refractivity contribution in [3.63, 3.8) is 0 Å². The molecule has 1 aliphatic rings. The lowest BCUT2D eigenvalue weighted by Crippen LogP contribution is -2.03. The summed E-state index contributed by atoms with van der Waals surface area (Å²) in [5.41, 5.74) is 0. The highest BCUT2D eigenvalue weighted by molar-refractivity contribution is 5.22. The summed E-state index contributed by atoms with van der Waals surface area (Å²) in [5, 5.41) is 0. The lowest BCUT2D eigenvalue weighted by Gasteiger charge is -2.13. The maximum absolute atomic E-state index is 3.87. The second-order valence-corrected chi connectivity index (χ2v) is 3.76. The van der Waals surface area contributed by atoms with E-state index in [1.807, 2.05) is 0 Å². The Morgan fingerprint density at radius 3 is 2.82 bits per heavy atom. The number of hydrogen-bond donors (Lipinski definition) is 0. The average Bonchev–Trinajstić information content (AvgIpc) is 2.37. The van der Waals surface area contributed by atoms with Crippen LogP contribution in [0.5, 0.6) is 0 Å². The minimum Gasteiger partial charge on any atom is -0.301 e. The Labute approximate surface area is 69.9 Å². The van der Waals surface area contributed by atoms with Crippen molar-refractivity contribution in [2.24, 2.45) is 16.8 Å². The van der Waals surface area contributed by atoms with E-state index < -0.39 is 0 Å². The van der Waals surface area contributed by atoms with Crippen molar-refractivity contribution in [3.8, 4) is 0 Å². The summed E-state index contributed by atoms with van der Waals surface area (Å²) in [6.07, 6.45) is 6.98. The van der Waals surface area contributed by atoms with Gasteiger partial charge in [0.1, 0.15) is 0 Å². The summed E-state index contributed by atoms with van der Waals surface area (Å²) in [7, 11) is 0. The minimum atomic E-state index is 0.962. The molecule has 1 fully saturated rings. The van der Waals surface area contributed by atoms with Gasteiger partial charge in [0.2, 0.25) is 0 Å². The van der Waals surface area contributed by atoms with Gasteiger partial charge in [0, 0.05) is 6.54 Å². The molecule has 2 unspecified atom stereocenters. The predicted octanol–water partition coefficient (Wildman–Crippen LogP) is 2.90. The summed E-state index contributed by atoms with van der Waals surface area (Å²) < 4.78 is 0. The fraction of sp³-hybridized carbons (Fsp3) is 0.900. The molecule has 1 nitrogen and oxygen atoms in total. The van der Waals surface area contributed by atoms with Crippen molar-refractivity contribution < 1.29 is 0 Å². The van der Waals surface area contributed by atoms with Crippen LogP contribution in [-0.4, -0.2) is 13.3 Å². The summed E-state index contributed by atoms with van der Waals surface area (Å²) >= 11 is 0. The molecule has 64 valence electrons. The Bertz CT molecular complexity index is 120. The van der Waals surface area contributed by atoms with Crippen LogP contribution in [0.15, 0.2) is 4.99 Å². The zero-order valence-electron chi connectivity index (χ0n) is 7.55. The van der Waals surface area contributed by atoms with Crippen molar-refractivity contribution in [3.05, 3.63) is 0 Å². The Morgan fingerprint density at radius 2 is 2.27 bits per heavy atom. The SMILES string of the molecule is C=NCCCC1CCCC1C. The normalized spacial score (nSPS) is 30.6. The van der Waals surface area contributed by atoms with Crippen LogP contribution < -0.4 is 0 Å². The van der Waals surface area contributed by atoms with Gasteiger partial charge in [-0.25, -0.2) is 0 Å². The third-order valence-electron chi connectivity index (χ3n) is 2.93. The molecule has 1 saturated carbocycles. The predicted molar refractivity (Wildman–Crippen MR) is 50.2 cm³/mol. The zero-order chi connectivity index (χ0) is 8.10. The smallest absolute Gasteiger partial charge is 0.0382 e. The fourth-order valence-corrected chi connectivity index (χ4v) is 2.12. The maximum atomic E-state index is 3.87. The highest BCUT2D eigenvalue weighted by Crippen LogP contribution is 2.34. The van der Waals surface area contributed by atoms with Gasteiger partial charge in [0.25, 0.3) is 0 Å². The molecule has 0 radical (unpaired) electrons. The summed E-state index contributed by atoms with van der Waals surface area (Å²) in [4.78, 5) is 3.87. The first kappa shape index (κ1) is 8.76. The van der Waals surface area contributed by atoms with Gasteiger partial charge in [-0.15, -0.1) is 0 Å². The van der Waals surface area contributed by atoms with Gasteiger partial charge in [-0.3, -0.25) is 0 Å². The van der Waals surface area contributed by atoms with Gasteiger partial charge in [-0.2, -0.15) is 0 Å². The van der Waals surface area contributed by atoms with Gasteiger partial charge in [0.05, 0.1) is 0 Å². The Balaban J connectivity index is 2.10. The van der Waals surface area contributed by atoms with Crippen molar-refractivity contribution in [2.45, 2.75) is 39.0 Å². The average molecular weight is 153 g/mol. The van der Waals surface area contributed by atoms with E-state index >= 15 is 0 Å². The van der Waals surface area contributed by atoms with E-state index in [2.05, 4.69) is 18.6 Å². The molecular formula is C10H19N. The third kappa shape index (κ3) is 2.64. The molecule has 1 rings (SSSR count). The summed E-state index contributed by atoms with van der Waals surface area (Å²) in [6.45, 7) is 6.84. The third-order valence-corrected chi connectivity index (χ3v) is 2.93. The first-order valence-electron chi connectivity index (χ1n) is 4.77. The molecule has 0 aromatic rings. The van der Waals surface area contributed by atoms with Crippen molar-refractivity contribution in [1.82, 2.24) is 0 Å².